The van der Waals surface area contributed by atoms with Crippen molar-refractivity contribution in [1.82, 2.24) is 4.90 Å². The van der Waals surface area contributed by atoms with E-state index in [9.17, 15) is 9.59 Å². The molecule has 0 aromatic heterocycles. The summed E-state index contributed by atoms with van der Waals surface area (Å²) < 4.78 is 5.54. The number of nitrogens with one attached hydrogen (secondary N) is 1. The Labute approximate surface area is 176 Å². The zero-order valence-electron chi connectivity index (χ0n) is 16.9. The number of aryl methyl sites for hydroxylation is 1. The Hall–Kier alpha value is -2.63. The second kappa shape index (κ2) is 9.25. The molecule has 0 bridgehead atoms. The summed E-state index contributed by atoms with van der Waals surface area (Å²) in [5, 5.41) is 3.77. The number of nitrogens with zero attached hydrogens (tertiary/aromatic N) is 1. The summed E-state index contributed by atoms with van der Waals surface area (Å²) in [7, 11) is 0. The number of carbonyl (C=O) groups excluding carboxylic acids is 2. The fourth-order valence-corrected chi connectivity index (χ4v) is 3.29. The summed E-state index contributed by atoms with van der Waals surface area (Å²) in [5.74, 6) is -0.634. The monoisotopic (exact) mass is 412 g/mol. The fourth-order valence-electron chi connectivity index (χ4n) is 3.17. The summed E-state index contributed by atoms with van der Waals surface area (Å²) in [6.07, 6.45) is 0.697. The molecule has 0 aliphatic carbocycles. The molecule has 3 rings (SSSR count). The highest BCUT2D eigenvalue weighted by Gasteiger charge is 2.38. The van der Waals surface area contributed by atoms with Crippen LogP contribution in [0.3, 0.4) is 0 Å². The van der Waals surface area contributed by atoms with Gasteiger partial charge in [0.25, 0.3) is 11.8 Å². The predicted molar refractivity (Wildman–Crippen MR) is 116 cm³/mol. The first-order valence-electron chi connectivity index (χ1n) is 9.69. The van der Waals surface area contributed by atoms with E-state index in [1.54, 1.807) is 24.3 Å². The Morgan fingerprint density at radius 2 is 1.72 bits per heavy atom. The van der Waals surface area contributed by atoms with E-state index in [1.807, 2.05) is 45.0 Å². The molecule has 2 aromatic rings. The van der Waals surface area contributed by atoms with Gasteiger partial charge in [-0.2, -0.15) is 0 Å². The Morgan fingerprint density at radius 1 is 1.03 bits per heavy atom. The highest BCUT2D eigenvalue weighted by molar-refractivity contribution is 6.36. The maximum absolute atomic E-state index is 13.1. The summed E-state index contributed by atoms with van der Waals surface area (Å²) in [6, 6.07) is 14.6. The van der Waals surface area contributed by atoms with Crippen molar-refractivity contribution >= 4 is 34.7 Å². The minimum absolute atomic E-state index is 0.112. The number of benzene rings is 2. The molecule has 0 radical (unpaired) electrons. The van der Waals surface area contributed by atoms with Crippen LogP contribution in [0.25, 0.3) is 5.57 Å². The number of para-hydroxylation sites is 1. The SMILES string of the molecule is Cc1ccccc1NC1=C(c2ccc(Cl)cc2)C(=O)N(CCCOC(C)C)C1=O. The second-order valence-electron chi connectivity index (χ2n) is 7.23. The van der Waals surface area contributed by atoms with Gasteiger partial charge in [-0.3, -0.25) is 14.5 Å². The Bertz CT molecular complexity index is 935. The fraction of sp³-hybridized carbons (Fsp3) is 0.304. The van der Waals surface area contributed by atoms with E-state index >= 15 is 0 Å². The molecule has 2 aromatic carbocycles. The van der Waals surface area contributed by atoms with Gasteiger partial charge in [0.2, 0.25) is 0 Å². The van der Waals surface area contributed by atoms with Crippen molar-refractivity contribution in [2.45, 2.75) is 33.3 Å². The molecular weight excluding hydrogens is 388 g/mol. The largest absolute Gasteiger partial charge is 0.379 e. The van der Waals surface area contributed by atoms with E-state index in [1.165, 1.54) is 4.90 Å². The third-order valence-corrected chi connectivity index (χ3v) is 4.93. The van der Waals surface area contributed by atoms with E-state index in [0.717, 1.165) is 11.3 Å². The molecule has 0 fully saturated rings. The number of hydrogen-bond acceptors (Lipinski definition) is 4. The van der Waals surface area contributed by atoms with Gasteiger partial charge in [0.05, 0.1) is 11.7 Å². The van der Waals surface area contributed by atoms with Crippen LogP contribution in [-0.4, -0.2) is 36.0 Å². The van der Waals surface area contributed by atoms with Crippen molar-refractivity contribution in [2.75, 3.05) is 18.5 Å². The van der Waals surface area contributed by atoms with Gasteiger partial charge < -0.3 is 10.1 Å². The lowest BCUT2D eigenvalue weighted by Gasteiger charge is -2.16. The lowest BCUT2D eigenvalue weighted by molar-refractivity contribution is -0.137. The van der Waals surface area contributed by atoms with Crippen LogP contribution in [0.5, 0.6) is 0 Å². The number of carbonyl (C=O) groups is 2. The van der Waals surface area contributed by atoms with E-state index < -0.39 is 0 Å². The Kier molecular flexibility index (Phi) is 6.72. The zero-order valence-corrected chi connectivity index (χ0v) is 17.6. The summed E-state index contributed by atoms with van der Waals surface area (Å²) in [6.45, 7) is 6.66. The maximum atomic E-state index is 13.1. The van der Waals surface area contributed by atoms with Crippen molar-refractivity contribution < 1.29 is 14.3 Å². The molecule has 1 heterocycles. The van der Waals surface area contributed by atoms with Gasteiger partial charge in [-0.15, -0.1) is 0 Å². The van der Waals surface area contributed by atoms with Gasteiger partial charge in [-0.1, -0.05) is 41.9 Å². The Morgan fingerprint density at radius 3 is 2.38 bits per heavy atom. The number of anilines is 1. The number of hydrogen-bond donors (Lipinski definition) is 1. The molecule has 1 aliphatic heterocycles. The van der Waals surface area contributed by atoms with Gasteiger partial charge >= 0.3 is 0 Å². The first-order valence-corrected chi connectivity index (χ1v) is 10.1. The standard InChI is InChI=1S/C23H25ClN2O3/c1-15(2)29-14-6-13-26-22(27)20(17-9-11-18(24)12-10-17)21(23(26)28)25-19-8-5-4-7-16(19)3/h4-5,7-12,15,25H,6,13-14H2,1-3H3. The molecular formula is C23H25ClN2O3. The highest BCUT2D eigenvalue weighted by Crippen LogP contribution is 2.31. The average Bonchev–Trinajstić information content (AvgIpc) is 2.91. The molecule has 1 aliphatic rings. The third-order valence-electron chi connectivity index (χ3n) is 4.68. The number of halogens is 1. The maximum Gasteiger partial charge on any atom is 0.278 e. The van der Waals surface area contributed by atoms with Crippen molar-refractivity contribution in [1.29, 1.82) is 0 Å². The first-order chi connectivity index (χ1) is 13.9. The topological polar surface area (TPSA) is 58.6 Å². The zero-order chi connectivity index (χ0) is 21.0. The second-order valence-corrected chi connectivity index (χ2v) is 7.67. The van der Waals surface area contributed by atoms with E-state index in [4.69, 9.17) is 16.3 Å². The summed E-state index contributed by atoms with van der Waals surface area (Å²) >= 11 is 6.00. The van der Waals surface area contributed by atoms with Crippen LogP contribution in [0.15, 0.2) is 54.2 Å². The van der Waals surface area contributed by atoms with Gasteiger partial charge in [0.1, 0.15) is 5.70 Å². The Balaban J connectivity index is 1.91. The number of ether oxygens (including phenoxy) is 1. The van der Waals surface area contributed by atoms with E-state index in [-0.39, 0.29) is 23.6 Å². The summed E-state index contributed by atoms with van der Waals surface area (Å²) in [4.78, 5) is 27.6. The molecule has 0 unspecified atom stereocenters. The van der Waals surface area contributed by atoms with Crippen LogP contribution in [0, 0.1) is 6.92 Å². The minimum Gasteiger partial charge on any atom is -0.379 e. The van der Waals surface area contributed by atoms with Gasteiger partial charge in [0, 0.05) is 23.9 Å². The lowest BCUT2D eigenvalue weighted by atomic mass is 10.0. The number of amides is 2. The van der Waals surface area contributed by atoms with Gasteiger partial charge in [-0.05, 0) is 56.5 Å². The predicted octanol–water partition coefficient (Wildman–Crippen LogP) is 4.66. The van der Waals surface area contributed by atoms with Crippen LogP contribution >= 0.6 is 11.6 Å². The van der Waals surface area contributed by atoms with Gasteiger partial charge in [-0.25, -0.2) is 0 Å². The highest BCUT2D eigenvalue weighted by atomic mass is 35.5. The molecule has 0 atom stereocenters. The molecule has 0 saturated carbocycles. The van der Waals surface area contributed by atoms with Crippen LogP contribution < -0.4 is 5.32 Å². The van der Waals surface area contributed by atoms with Crippen LogP contribution in [0.4, 0.5) is 5.69 Å². The summed E-state index contributed by atoms with van der Waals surface area (Å²) in [5.41, 5.74) is 3.08. The lowest BCUT2D eigenvalue weighted by Crippen LogP contribution is -2.34. The molecule has 5 nitrogen and oxygen atoms in total. The molecule has 2 amide bonds. The third kappa shape index (κ3) is 4.86. The van der Waals surface area contributed by atoms with Crippen molar-refractivity contribution in [3.8, 4) is 0 Å². The van der Waals surface area contributed by atoms with Crippen molar-refractivity contribution in [3.05, 3.63) is 70.4 Å². The number of imide groups is 1. The van der Waals surface area contributed by atoms with Crippen LogP contribution in [-0.2, 0) is 14.3 Å². The van der Waals surface area contributed by atoms with E-state index in [2.05, 4.69) is 5.32 Å². The van der Waals surface area contributed by atoms with Crippen LogP contribution in [0.1, 0.15) is 31.4 Å². The molecule has 6 heteroatoms. The minimum atomic E-state index is -0.326. The molecule has 1 N–H and O–H groups in total. The average molecular weight is 413 g/mol. The van der Waals surface area contributed by atoms with Gasteiger partial charge in [0.15, 0.2) is 0 Å². The first kappa shape index (κ1) is 21.1. The molecule has 152 valence electrons. The molecule has 0 spiro atoms. The van der Waals surface area contributed by atoms with Crippen LogP contribution in [0.2, 0.25) is 5.02 Å². The molecule has 0 saturated heterocycles. The normalized spacial score (nSPS) is 14.3. The van der Waals surface area contributed by atoms with Crippen molar-refractivity contribution in [2.24, 2.45) is 0 Å². The quantitative estimate of drug-likeness (QED) is 0.506. The van der Waals surface area contributed by atoms with Crippen molar-refractivity contribution in [3.63, 3.8) is 0 Å². The smallest absolute Gasteiger partial charge is 0.278 e. The molecule has 29 heavy (non-hydrogen) atoms. The number of rotatable bonds is 8. The van der Waals surface area contributed by atoms with E-state index in [0.29, 0.717) is 35.7 Å².